The first kappa shape index (κ1) is 10.8. The van der Waals surface area contributed by atoms with E-state index in [1.165, 1.54) is 0 Å². The van der Waals surface area contributed by atoms with Gasteiger partial charge in [-0.05, 0) is 13.8 Å². The van der Waals surface area contributed by atoms with Crippen molar-refractivity contribution >= 4 is 22.4 Å². The lowest BCUT2D eigenvalue weighted by Crippen LogP contribution is -2.30. The van der Waals surface area contributed by atoms with E-state index in [0.29, 0.717) is 0 Å². The monoisotopic (exact) mass is 242 g/mol. The fourth-order valence-electron chi connectivity index (χ4n) is 1.40. The van der Waals surface area contributed by atoms with Crippen molar-refractivity contribution in [1.82, 2.24) is 0 Å². The number of benzene rings is 1. The molecule has 0 saturated heterocycles. The van der Waals surface area contributed by atoms with Gasteiger partial charge in [-0.2, -0.15) is 10.2 Å². The number of rotatable bonds is 1. The highest BCUT2D eigenvalue weighted by Crippen LogP contribution is 2.45. The first-order valence-electron chi connectivity index (χ1n) is 4.57. The third kappa shape index (κ3) is 1.62. The highest BCUT2D eigenvalue weighted by atomic mass is 35.5. The van der Waals surface area contributed by atoms with Gasteiger partial charge in [-0.15, -0.1) is 0 Å². The lowest BCUT2D eigenvalue weighted by atomic mass is 10.2. The quantitative estimate of drug-likeness (QED) is 0.551. The van der Waals surface area contributed by atoms with Gasteiger partial charge in [0.15, 0.2) is 4.87 Å². The molecule has 3 nitrogen and oxygen atoms in total. The fourth-order valence-corrected chi connectivity index (χ4v) is 3.37. The van der Waals surface area contributed by atoms with Gasteiger partial charge in [-0.1, -0.05) is 41.9 Å². The van der Waals surface area contributed by atoms with Crippen molar-refractivity contribution in [2.24, 2.45) is 10.2 Å². The van der Waals surface area contributed by atoms with Crippen molar-refractivity contribution in [2.75, 3.05) is 0 Å². The summed E-state index contributed by atoms with van der Waals surface area (Å²) >= 11 is 6.27. The number of halogens is 1. The van der Waals surface area contributed by atoms with Crippen LogP contribution in [0, 0.1) is 0 Å². The van der Waals surface area contributed by atoms with E-state index in [2.05, 4.69) is 10.2 Å². The van der Waals surface area contributed by atoms with Crippen LogP contribution in [0.2, 0.25) is 0 Å². The van der Waals surface area contributed by atoms with Crippen LogP contribution in [0.25, 0.3) is 0 Å². The Kier molecular flexibility index (Phi) is 2.43. The molecule has 15 heavy (non-hydrogen) atoms. The summed E-state index contributed by atoms with van der Waals surface area (Å²) in [7, 11) is -1.36. The predicted octanol–water partition coefficient (Wildman–Crippen LogP) is 2.99. The molecule has 0 radical (unpaired) electrons. The van der Waals surface area contributed by atoms with E-state index in [4.69, 9.17) is 11.6 Å². The normalized spacial score (nSPS) is 33.1. The van der Waals surface area contributed by atoms with Crippen molar-refractivity contribution in [3.63, 3.8) is 0 Å². The molecule has 1 heterocycles. The Morgan fingerprint density at radius 1 is 1.20 bits per heavy atom. The molecule has 5 heteroatoms. The maximum atomic E-state index is 12.1. The molecule has 0 fully saturated rings. The zero-order valence-corrected chi connectivity index (χ0v) is 10.0. The summed E-state index contributed by atoms with van der Waals surface area (Å²) in [6.45, 7) is 3.53. The van der Waals surface area contributed by atoms with Gasteiger partial charge in [-0.25, -0.2) is 0 Å². The molecule has 1 aliphatic heterocycles. The average Bonchev–Trinajstić information content (AvgIpc) is 2.45. The highest BCUT2D eigenvalue weighted by Gasteiger charge is 2.50. The van der Waals surface area contributed by atoms with Crippen LogP contribution < -0.4 is 0 Å². The van der Waals surface area contributed by atoms with Gasteiger partial charge >= 0.3 is 0 Å². The molecule has 0 aromatic heterocycles. The van der Waals surface area contributed by atoms with Crippen molar-refractivity contribution in [2.45, 2.75) is 23.0 Å². The zero-order chi connectivity index (χ0) is 11.1. The minimum absolute atomic E-state index is 0.711. The SMILES string of the molecule is CC1(C)N=N[C@](Cl)(c2ccccc2)[S@]1=O. The number of hydrogen-bond acceptors (Lipinski definition) is 3. The van der Waals surface area contributed by atoms with Crippen molar-refractivity contribution in [1.29, 1.82) is 0 Å². The molecular weight excluding hydrogens is 232 g/mol. The molecule has 0 unspecified atom stereocenters. The van der Waals surface area contributed by atoms with E-state index >= 15 is 0 Å². The van der Waals surface area contributed by atoms with Crippen molar-refractivity contribution in [3.05, 3.63) is 35.9 Å². The van der Waals surface area contributed by atoms with Crippen molar-refractivity contribution < 1.29 is 4.21 Å². The number of alkyl halides is 1. The number of nitrogens with zero attached hydrogens (tertiary/aromatic N) is 2. The van der Waals surface area contributed by atoms with Crippen LogP contribution >= 0.6 is 11.6 Å². The third-order valence-corrected chi connectivity index (χ3v) is 4.76. The molecule has 80 valence electrons. The van der Waals surface area contributed by atoms with Crippen LogP contribution in [-0.2, 0) is 15.1 Å². The minimum Gasteiger partial charge on any atom is -0.253 e. The van der Waals surface area contributed by atoms with Crippen LogP contribution in [0.3, 0.4) is 0 Å². The van der Waals surface area contributed by atoms with Crippen LogP contribution in [0.5, 0.6) is 0 Å². The molecule has 0 saturated carbocycles. The van der Waals surface area contributed by atoms with Crippen LogP contribution in [0.1, 0.15) is 19.4 Å². The lowest BCUT2D eigenvalue weighted by Gasteiger charge is -2.19. The molecule has 1 aromatic carbocycles. The molecule has 0 amide bonds. The van der Waals surface area contributed by atoms with E-state index in [9.17, 15) is 4.21 Å². The molecule has 0 bridgehead atoms. The topological polar surface area (TPSA) is 41.8 Å². The van der Waals surface area contributed by atoms with E-state index in [1.807, 2.05) is 30.3 Å². The fraction of sp³-hybridized carbons (Fsp3) is 0.400. The summed E-state index contributed by atoms with van der Waals surface area (Å²) in [4.78, 5) is -0.711. The second-order valence-corrected chi connectivity index (χ2v) is 6.74. The number of azo groups is 1. The third-order valence-electron chi connectivity index (χ3n) is 2.25. The summed E-state index contributed by atoms with van der Waals surface area (Å²) in [6, 6.07) is 9.19. The standard InChI is InChI=1S/C10H11ClN2OS/c1-9(2)12-13-10(11,15(9)14)8-6-4-3-5-7-8/h3-7H,1-2H3/t10-,15+/m1/s1. The van der Waals surface area contributed by atoms with E-state index in [-0.39, 0.29) is 0 Å². The average molecular weight is 243 g/mol. The van der Waals surface area contributed by atoms with Gasteiger partial charge in [0.25, 0.3) is 4.33 Å². The zero-order valence-electron chi connectivity index (χ0n) is 8.48. The van der Waals surface area contributed by atoms with Crippen LogP contribution in [0.4, 0.5) is 0 Å². The number of hydrogen-bond donors (Lipinski definition) is 0. The lowest BCUT2D eigenvalue weighted by molar-refractivity contribution is 0.643. The van der Waals surface area contributed by atoms with Gasteiger partial charge in [-0.3, -0.25) is 4.21 Å². The molecular formula is C10H11ClN2OS. The highest BCUT2D eigenvalue weighted by molar-refractivity contribution is 7.88. The molecule has 0 aliphatic carbocycles. The molecule has 1 aromatic rings. The molecule has 0 N–H and O–H groups in total. The van der Waals surface area contributed by atoms with Gasteiger partial charge in [0.05, 0.1) is 0 Å². The Hall–Kier alpha value is -0.740. The summed E-state index contributed by atoms with van der Waals surface area (Å²) < 4.78 is 10.9. The summed E-state index contributed by atoms with van der Waals surface area (Å²) in [5, 5.41) is 7.93. The minimum atomic E-state index is -1.36. The van der Waals surface area contributed by atoms with Gasteiger partial charge in [0.2, 0.25) is 0 Å². The second-order valence-electron chi connectivity index (χ2n) is 3.84. The van der Waals surface area contributed by atoms with Gasteiger partial charge < -0.3 is 0 Å². The Morgan fingerprint density at radius 2 is 1.80 bits per heavy atom. The smallest absolute Gasteiger partial charge is 0.253 e. The Balaban J connectivity index is 2.48. The second kappa shape index (κ2) is 3.39. The maximum absolute atomic E-state index is 12.1. The first-order valence-corrected chi connectivity index (χ1v) is 6.10. The van der Waals surface area contributed by atoms with E-state index < -0.39 is 20.0 Å². The van der Waals surface area contributed by atoms with Crippen molar-refractivity contribution in [3.8, 4) is 0 Å². The molecule has 1 aliphatic rings. The first-order chi connectivity index (χ1) is 6.97. The van der Waals surface area contributed by atoms with Gasteiger partial charge in [0.1, 0.15) is 10.8 Å². The Bertz CT molecular complexity index is 432. The molecule has 2 atom stereocenters. The van der Waals surface area contributed by atoms with E-state index in [0.717, 1.165) is 5.56 Å². The largest absolute Gasteiger partial charge is 0.255 e. The predicted molar refractivity (Wildman–Crippen MR) is 61.1 cm³/mol. The maximum Gasteiger partial charge on any atom is 0.255 e. The summed E-state index contributed by atoms with van der Waals surface area (Å²) in [5.41, 5.74) is 0.722. The Labute approximate surface area is 96.0 Å². The molecule has 0 spiro atoms. The van der Waals surface area contributed by atoms with E-state index in [1.54, 1.807) is 13.8 Å². The summed E-state index contributed by atoms with van der Waals surface area (Å²) in [5.74, 6) is 0. The molecule has 2 rings (SSSR count). The van der Waals surface area contributed by atoms with Crippen LogP contribution in [0.15, 0.2) is 40.6 Å². The van der Waals surface area contributed by atoms with Gasteiger partial charge in [0, 0.05) is 5.56 Å². The Morgan fingerprint density at radius 3 is 2.27 bits per heavy atom. The summed E-state index contributed by atoms with van der Waals surface area (Å²) in [6.07, 6.45) is 0. The van der Waals surface area contributed by atoms with Crippen LogP contribution in [-0.4, -0.2) is 9.08 Å².